The van der Waals surface area contributed by atoms with Gasteiger partial charge in [-0.2, -0.15) is 0 Å². The number of hydrogen-bond donors (Lipinski definition) is 2. The van der Waals surface area contributed by atoms with E-state index in [0.717, 1.165) is 0 Å². The normalized spacial score (nSPS) is 22.2. The van der Waals surface area contributed by atoms with Gasteiger partial charge in [0, 0.05) is 12.8 Å². The second-order valence-electron chi connectivity index (χ2n) is 2.55. The smallest absolute Gasteiger partial charge is 0.162 e. The van der Waals surface area contributed by atoms with Gasteiger partial charge < -0.3 is 10.4 Å². The summed E-state index contributed by atoms with van der Waals surface area (Å²) in [6, 6.07) is 0. The van der Waals surface area contributed by atoms with Gasteiger partial charge in [-0.05, 0) is 5.16 Å². The molecule has 1 aromatic heterocycles. The van der Waals surface area contributed by atoms with Crippen molar-refractivity contribution in [3.63, 3.8) is 0 Å². The molecule has 1 heterocycles. The summed E-state index contributed by atoms with van der Waals surface area (Å²) in [4.78, 5) is 0. The maximum absolute atomic E-state index is 8.64. The van der Waals surface area contributed by atoms with Gasteiger partial charge >= 0.3 is 0 Å². The molecule has 0 bridgehead atoms. The van der Waals surface area contributed by atoms with E-state index in [-0.39, 0.29) is 11.4 Å². The van der Waals surface area contributed by atoms with Gasteiger partial charge in [0.2, 0.25) is 0 Å². The third-order valence-electron chi connectivity index (χ3n) is 1.87. The molecule has 13 heavy (non-hydrogen) atoms. The van der Waals surface area contributed by atoms with Crippen LogP contribution in [0.25, 0.3) is 0 Å². The zero-order chi connectivity index (χ0) is 9.26. The van der Waals surface area contributed by atoms with E-state index < -0.39 is 0 Å². The molecule has 0 amide bonds. The lowest BCUT2D eigenvalue weighted by molar-refractivity contribution is 0.301. The number of fused-ring (bicyclic) bond motifs is 1. The van der Waals surface area contributed by atoms with Gasteiger partial charge in [0.1, 0.15) is 11.4 Å². The molecule has 0 saturated heterocycles. The molecule has 0 aromatic carbocycles. The summed E-state index contributed by atoms with van der Waals surface area (Å²) < 4.78 is 4.46. The van der Waals surface area contributed by atoms with Crippen LogP contribution in [0.15, 0.2) is 14.9 Å². The van der Waals surface area contributed by atoms with Crippen molar-refractivity contribution in [2.45, 2.75) is 12.8 Å². The molecule has 0 fully saturated rings. The van der Waals surface area contributed by atoms with Crippen LogP contribution in [0.4, 0.5) is 0 Å². The van der Waals surface area contributed by atoms with Crippen molar-refractivity contribution in [2.75, 3.05) is 0 Å². The van der Waals surface area contributed by atoms with Crippen LogP contribution < -0.4 is 0 Å². The average Bonchev–Trinajstić information content (AvgIpc) is 2.63. The van der Waals surface area contributed by atoms with E-state index in [9.17, 15) is 0 Å². The van der Waals surface area contributed by atoms with E-state index in [2.05, 4.69) is 25.3 Å². The minimum atomic E-state index is 0.116. The molecule has 1 aliphatic carbocycles. The van der Waals surface area contributed by atoms with Crippen LogP contribution in [-0.2, 0) is 6.42 Å². The summed E-state index contributed by atoms with van der Waals surface area (Å²) in [6.45, 7) is 0. The first kappa shape index (κ1) is 7.71. The lowest BCUT2D eigenvalue weighted by Gasteiger charge is -2.08. The third kappa shape index (κ3) is 1.05. The van der Waals surface area contributed by atoms with Crippen molar-refractivity contribution in [2.24, 2.45) is 10.3 Å². The second-order valence-corrected chi connectivity index (χ2v) is 2.55. The zero-order valence-electron chi connectivity index (χ0n) is 6.51. The SMILES string of the molecule is O/N=C1\CCc2nonc2\C1=N/O. The van der Waals surface area contributed by atoms with Crippen molar-refractivity contribution in [3.05, 3.63) is 11.4 Å². The molecule has 1 aromatic rings. The monoisotopic (exact) mass is 182 g/mol. The lowest BCUT2D eigenvalue weighted by Crippen LogP contribution is -2.23. The Labute approximate surface area is 72.3 Å². The quantitative estimate of drug-likeness (QED) is 0.435. The molecule has 0 saturated carbocycles. The number of aryl methyl sites for hydroxylation is 1. The molecule has 2 N–H and O–H groups in total. The van der Waals surface area contributed by atoms with Crippen LogP contribution in [0.3, 0.4) is 0 Å². The van der Waals surface area contributed by atoms with E-state index in [0.29, 0.717) is 24.2 Å². The largest absolute Gasteiger partial charge is 0.411 e. The average molecular weight is 182 g/mol. The minimum Gasteiger partial charge on any atom is -0.411 e. The second kappa shape index (κ2) is 2.85. The number of hydrogen-bond acceptors (Lipinski definition) is 7. The Balaban J connectivity index is 2.53. The van der Waals surface area contributed by atoms with Gasteiger partial charge in [0.25, 0.3) is 0 Å². The van der Waals surface area contributed by atoms with Gasteiger partial charge in [-0.15, -0.1) is 0 Å². The first-order valence-corrected chi connectivity index (χ1v) is 3.62. The molecule has 0 aliphatic heterocycles. The minimum absolute atomic E-state index is 0.116. The number of oxime groups is 2. The molecular weight excluding hydrogens is 176 g/mol. The van der Waals surface area contributed by atoms with E-state index in [1.807, 2.05) is 0 Å². The molecule has 68 valence electrons. The number of nitrogens with zero attached hydrogens (tertiary/aromatic N) is 4. The molecule has 0 radical (unpaired) electrons. The summed E-state index contributed by atoms with van der Waals surface area (Å²) in [6.07, 6.45) is 1.02. The molecule has 7 nitrogen and oxygen atoms in total. The van der Waals surface area contributed by atoms with Crippen LogP contribution in [0.2, 0.25) is 0 Å². The van der Waals surface area contributed by atoms with Gasteiger partial charge in [0.15, 0.2) is 11.4 Å². The van der Waals surface area contributed by atoms with Crippen molar-refractivity contribution in [1.29, 1.82) is 0 Å². The van der Waals surface area contributed by atoms with Crippen LogP contribution in [0.5, 0.6) is 0 Å². The summed E-state index contributed by atoms with van der Waals surface area (Å²) in [5, 5.41) is 30.3. The molecule has 0 unspecified atom stereocenters. The molecule has 0 atom stereocenters. The van der Waals surface area contributed by atoms with E-state index >= 15 is 0 Å². The van der Waals surface area contributed by atoms with Gasteiger partial charge in [-0.3, -0.25) is 0 Å². The third-order valence-corrected chi connectivity index (χ3v) is 1.87. The zero-order valence-corrected chi connectivity index (χ0v) is 6.51. The Morgan fingerprint density at radius 1 is 1.15 bits per heavy atom. The van der Waals surface area contributed by atoms with E-state index in [1.165, 1.54) is 0 Å². The number of rotatable bonds is 0. The maximum atomic E-state index is 8.64. The Morgan fingerprint density at radius 3 is 2.69 bits per heavy atom. The highest BCUT2D eigenvalue weighted by Gasteiger charge is 2.27. The van der Waals surface area contributed by atoms with Crippen LogP contribution >= 0.6 is 0 Å². The molecular formula is C6H6N4O3. The van der Waals surface area contributed by atoms with Gasteiger partial charge in [-0.25, -0.2) is 4.63 Å². The Kier molecular flexibility index (Phi) is 1.69. The molecule has 1 aliphatic rings. The summed E-state index contributed by atoms with van der Waals surface area (Å²) in [5.41, 5.74) is 1.34. The van der Waals surface area contributed by atoms with Crippen molar-refractivity contribution in [1.82, 2.24) is 10.3 Å². The van der Waals surface area contributed by atoms with Crippen molar-refractivity contribution < 1.29 is 15.0 Å². The highest BCUT2D eigenvalue weighted by molar-refractivity contribution is 6.48. The standard InChI is InChI=1S/C6H6N4O3/c11-7-3-1-2-4-6(5(3)8-12)10-13-9-4/h11-12H,1-2H2/b7-3+,8-5-. The topological polar surface area (TPSA) is 104 Å². The van der Waals surface area contributed by atoms with Crippen molar-refractivity contribution >= 4 is 11.4 Å². The maximum Gasteiger partial charge on any atom is 0.162 e. The Hall–Kier alpha value is -1.92. The highest BCUT2D eigenvalue weighted by Crippen LogP contribution is 2.16. The van der Waals surface area contributed by atoms with Crippen LogP contribution in [0.1, 0.15) is 17.8 Å². The number of aromatic nitrogens is 2. The van der Waals surface area contributed by atoms with Crippen molar-refractivity contribution in [3.8, 4) is 0 Å². The summed E-state index contributed by atoms with van der Waals surface area (Å²) >= 11 is 0. The van der Waals surface area contributed by atoms with Gasteiger partial charge in [-0.1, -0.05) is 15.5 Å². The molecule has 0 spiro atoms. The molecule has 7 heteroatoms. The lowest BCUT2D eigenvalue weighted by atomic mass is 9.97. The Bertz CT molecular complexity index is 381. The fourth-order valence-corrected chi connectivity index (χ4v) is 1.24. The summed E-state index contributed by atoms with van der Waals surface area (Å²) in [5.74, 6) is 0. The van der Waals surface area contributed by atoms with Crippen LogP contribution in [0, 0.1) is 0 Å². The van der Waals surface area contributed by atoms with E-state index in [1.54, 1.807) is 0 Å². The molecule has 2 rings (SSSR count). The first-order chi connectivity index (χ1) is 6.36. The predicted molar refractivity (Wildman–Crippen MR) is 40.2 cm³/mol. The van der Waals surface area contributed by atoms with Gasteiger partial charge in [0.05, 0.1) is 0 Å². The fourth-order valence-electron chi connectivity index (χ4n) is 1.24. The fraction of sp³-hybridized carbons (Fsp3) is 0.333. The predicted octanol–water partition coefficient (Wildman–Crippen LogP) is 0.0243. The Morgan fingerprint density at radius 2 is 2.00 bits per heavy atom. The van der Waals surface area contributed by atoms with E-state index in [4.69, 9.17) is 10.4 Å². The first-order valence-electron chi connectivity index (χ1n) is 3.62. The summed E-state index contributed by atoms with van der Waals surface area (Å²) in [7, 11) is 0. The highest BCUT2D eigenvalue weighted by atomic mass is 16.6. The van der Waals surface area contributed by atoms with Crippen LogP contribution in [-0.4, -0.2) is 32.2 Å².